The van der Waals surface area contributed by atoms with E-state index in [1.807, 2.05) is 13.8 Å². The van der Waals surface area contributed by atoms with E-state index >= 15 is 0 Å². The third-order valence-electron chi connectivity index (χ3n) is 2.44. The second kappa shape index (κ2) is 6.14. The first kappa shape index (κ1) is 14.2. The van der Waals surface area contributed by atoms with Crippen molar-refractivity contribution in [1.29, 1.82) is 0 Å². The van der Waals surface area contributed by atoms with Crippen LogP contribution in [-0.4, -0.2) is 17.9 Å². The molecule has 1 rings (SSSR count). The van der Waals surface area contributed by atoms with Gasteiger partial charge in [-0.25, -0.2) is 4.39 Å². The maximum absolute atomic E-state index is 13.4. The number of benzene rings is 1. The number of nitrogens with one attached hydrogen (secondary N) is 2. The lowest BCUT2D eigenvalue weighted by Gasteiger charge is -2.21. The number of para-hydroxylation sites is 1. The Bertz CT molecular complexity index is 446. The predicted octanol–water partition coefficient (Wildman–Crippen LogP) is 1.92. The van der Waals surface area contributed by atoms with Gasteiger partial charge in [-0.2, -0.15) is 0 Å². The molecule has 2 amide bonds. The SMILES string of the molecule is CC(=O)N[C@@H](C(=O)Nc1ccccc1F)C(C)C. The largest absolute Gasteiger partial charge is 0.344 e. The Morgan fingerprint density at radius 3 is 2.33 bits per heavy atom. The molecule has 98 valence electrons. The molecule has 5 heteroatoms. The molecule has 0 aliphatic carbocycles. The van der Waals surface area contributed by atoms with Gasteiger partial charge in [0.25, 0.3) is 0 Å². The second-order valence-electron chi connectivity index (χ2n) is 4.39. The lowest BCUT2D eigenvalue weighted by atomic mass is 10.0. The summed E-state index contributed by atoms with van der Waals surface area (Å²) in [5.74, 6) is -1.31. The molecule has 1 aromatic carbocycles. The molecule has 0 aliphatic heterocycles. The van der Waals surface area contributed by atoms with Gasteiger partial charge in [-0.05, 0) is 18.1 Å². The molecule has 0 unspecified atom stereocenters. The Labute approximate surface area is 106 Å². The topological polar surface area (TPSA) is 58.2 Å². The van der Waals surface area contributed by atoms with E-state index < -0.39 is 17.8 Å². The van der Waals surface area contributed by atoms with Gasteiger partial charge in [0.1, 0.15) is 11.9 Å². The van der Waals surface area contributed by atoms with Gasteiger partial charge < -0.3 is 10.6 Å². The lowest BCUT2D eigenvalue weighted by Crippen LogP contribution is -2.46. The van der Waals surface area contributed by atoms with Crippen LogP contribution in [-0.2, 0) is 9.59 Å². The van der Waals surface area contributed by atoms with Gasteiger partial charge in [-0.1, -0.05) is 26.0 Å². The van der Waals surface area contributed by atoms with E-state index in [0.717, 1.165) is 0 Å². The highest BCUT2D eigenvalue weighted by Crippen LogP contribution is 2.14. The van der Waals surface area contributed by atoms with E-state index in [9.17, 15) is 14.0 Å². The number of carbonyl (C=O) groups excluding carboxylic acids is 2. The first-order valence-electron chi connectivity index (χ1n) is 5.74. The van der Waals surface area contributed by atoms with Crippen molar-refractivity contribution in [2.45, 2.75) is 26.8 Å². The van der Waals surface area contributed by atoms with E-state index in [-0.39, 0.29) is 17.5 Å². The molecule has 0 saturated heterocycles. The molecule has 2 N–H and O–H groups in total. The Morgan fingerprint density at radius 1 is 1.22 bits per heavy atom. The molecule has 0 fully saturated rings. The summed E-state index contributed by atoms with van der Waals surface area (Å²) >= 11 is 0. The molecule has 18 heavy (non-hydrogen) atoms. The third kappa shape index (κ3) is 3.84. The van der Waals surface area contributed by atoms with Crippen molar-refractivity contribution < 1.29 is 14.0 Å². The van der Waals surface area contributed by atoms with Gasteiger partial charge in [0.15, 0.2) is 0 Å². The molecule has 1 atom stereocenters. The molecule has 0 bridgehead atoms. The fourth-order valence-electron chi connectivity index (χ4n) is 1.53. The monoisotopic (exact) mass is 252 g/mol. The summed E-state index contributed by atoms with van der Waals surface area (Å²) < 4.78 is 13.4. The number of rotatable bonds is 4. The van der Waals surface area contributed by atoms with Crippen LogP contribution in [0, 0.1) is 11.7 Å². The molecular formula is C13H17FN2O2. The fourth-order valence-corrected chi connectivity index (χ4v) is 1.53. The van der Waals surface area contributed by atoms with E-state index in [1.54, 1.807) is 12.1 Å². The van der Waals surface area contributed by atoms with Crippen molar-refractivity contribution in [2.75, 3.05) is 5.32 Å². The molecule has 4 nitrogen and oxygen atoms in total. The van der Waals surface area contributed by atoms with E-state index in [4.69, 9.17) is 0 Å². The van der Waals surface area contributed by atoms with Crippen LogP contribution in [0.5, 0.6) is 0 Å². The number of hydrogen-bond acceptors (Lipinski definition) is 2. The zero-order valence-corrected chi connectivity index (χ0v) is 10.7. The number of anilines is 1. The van der Waals surface area contributed by atoms with Gasteiger partial charge in [0.2, 0.25) is 11.8 Å². The van der Waals surface area contributed by atoms with Crippen LogP contribution < -0.4 is 10.6 Å². The molecule has 0 radical (unpaired) electrons. The smallest absolute Gasteiger partial charge is 0.247 e. The van der Waals surface area contributed by atoms with Crippen molar-refractivity contribution in [3.05, 3.63) is 30.1 Å². The summed E-state index contributed by atoms with van der Waals surface area (Å²) in [5.41, 5.74) is 0.110. The average molecular weight is 252 g/mol. The standard InChI is InChI=1S/C13H17FN2O2/c1-8(2)12(15-9(3)17)13(18)16-11-7-5-4-6-10(11)14/h4-8,12H,1-3H3,(H,15,17)(H,16,18)/t12-/m1/s1. The summed E-state index contributed by atoms with van der Waals surface area (Å²) in [7, 11) is 0. The number of hydrogen-bond donors (Lipinski definition) is 2. The van der Waals surface area contributed by atoms with E-state index in [1.165, 1.54) is 19.1 Å². The quantitative estimate of drug-likeness (QED) is 0.860. The zero-order chi connectivity index (χ0) is 13.7. The van der Waals surface area contributed by atoms with Crippen LogP contribution in [0.4, 0.5) is 10.1 Å². The molecule has 0 saturated carbocycles. The van der Waals surface area contributed by atoms with Crippen molar-refractivity contribution in [2.24, 2.45) is 5.92 Å². The highest BCUT2D eigenvalue weighted by Gasteiger charge is 2.23. The van der Waals surface area contributed by atoms with E-state index in [0.29, 0.717) is 0 Å². The minimum Gasteiger partial charge on any atom is -0.344 e. The minimum absolute atomic E-state index is 0.0827. The Hall–Kier alpha value is -1.91. The van der Waals surface area contributed by atoms with Crippen LogP contribution in [0.2, 0.25) is 0 Å². The normalized spacial score (nSPS) is 12.1. The number of amides is 2. The van der Waals surface area contributed by atoms with Gasteiger partial charge in [-0.3, -0.25) is 9.59 Å². The molecule has 0 aliphatic rings. The Balaban J connectivity index is 2.79. The van der Waals surface area contributed by atoms with Crippen LogP contribution >= 0.6 is 0 Å². The summed E-state index contributed by atoms with van der Waals surface area (Å²) in [6.07, 6.45) is 0. The molecule has 1 aromatic rings. The Kier molecular flexibility index (Phi) is 4.83. The summed E-state index contributed by atoms with van der Waals surface area (Å²) in [6, 6.07) is 5.22. The average Bonchev–Trinajstić information content (AvgIpc) is 2.28. The van der Waals surface area contributed by atoms with Crippen molar-refractivity contribution in [3.63, 3.8) is 0 Å². The maximum Gasteiger partial charge on any atom is 0.247 e. The fraction of sp³-hybridized carbons (Fsp3) is 0.385. The molecule has 0 heterocycles. The van der Waals surface area contributed by atoms with Crippen molar-refractivity contribution in [1.82, 2.24) is 5.32 Å². The molecular weight excluding hydrogens is 235 g/mol. The summed E-state index contributed by atoms with van der Waals surface area (Å²) in [6.45, 7) is 4.95. The molecule has 0 spiro atoms. The lowest BCUT2D eigenvalue weighted by molar-refractivity contribution is -0.126. The highest BCUT2D eigenvalue weighted by atomic mass is 19.1. The second-order valence-corrected chi connectivity index (χ2v) is 4.39. The van der Waals surface area contributed by atoms with Crippen LogP contribution in [0.25, 0.3) is 0 Å². The minimum atomic E-state index is -0.679. The van der Waals surface area contributed by atoms with Crippen molar-refractivity contribution >= 4 is 17.5 Å². The highest BCUT2D eigenvalue weighted by molar-refractivity contribution is 5.97. The van der Waals surface area contributed by atoms with Gasteiger partial charge in [0, 0.05) is 6.92 Å². The van der Waals surface area contributed by atoms with Gasteiger partial charge in [-0.15, -0.1) is 0 Å². The van der Waals surface area contributed by atoms with Gasteiger partial charge >= 0.3 is 0 Å². The molecule has 0 aromatic heterocycles. The summed E-state index contributed by atoms with van der Waals surface area (Å²) in [4.78, 5) is 23.0. The van der Waals surface area contributed by atoms with Gasteiger partial charge in [0.05, 0.1) is 5.69 Å². The predicted molar refractivity (Wildman–Crippen MR) is 67.5 cm³/mol. The first-order chi connectivity index (χ1) is 8.41. The van der Waals surface area contributed by atoms with Crippen LogP contribution in [0.1, 0.15) is 20.8 Å². The summed E-state index contributed by atoms with van der Waals surface area (Å²) in [5, 5.41) is 5.01. The number of carbonyl (C=O) groups is 2. The van der Waals surface area contributed by atoms with Crippen molar-refractivity contribution in [3.8, 4) is 0 Å². The van der Waals surface area contributed by atoms with Crippen LogP contribution in [0.3, 0.4) is 0 Å². The van der Waals surface area contributed by atoms with E-state index in [2.05, 4.69) is 10.6 Å². The number of halogens is 1. The maximum atomic E-state index is 13.4. The van der Waals surface area contributed by atoms with Crippen LogP contribution in [0.15, 0.2) is 24.3 Å². The zero-order valence-electron chi connectivity index (χ0n) is 10.7. The first-order valence-corrected chi connectivity index (χ1v) is 5.74. The third-order valence-corrected chi connectivity index (χ3v) is 2.44. The Morgan fingerprint density at radius 2 is 1.83 bits per heavy atom.